The second kappa shape index (κ2) is 7.65. The molecule has 130 valence electrons. The van der Waals surface area contributed by atoms with E-state index in [2.05, 4.69) is 24.0 Å². The molecule has 25 heavy (non-hydrogen) atoms. The van der Waals surface area contributed by atoms with Crippen LogP contribution >= 0.6 is 0 Å². The molecule has 0 aliphatic heterocycles. The van der Waals surface area contributed by atoms with Gasteiger partial charge >= 0.3 is 5.97 Å². The van der Waals surface area contributed by atoms with Gasteiger partial charge in [0.25, 0.3) is 11.8 Å². The summed E-state index contributed by atoms with van der Waals surface area (Å²) in [4.78, 5) is 12.1. The van der Waals surface area contributed by atoms with Crippen LogP contribution in [-0.2, 0) is 11.3 Å². The van der Waals surface area contributed by atoms with Crippen LogP contribution in [0.1, 0.15) is 30.1 Å². The number of hydrogen-bond acceptors (Lipinski definition) is 7. The van der Waals surface area contributed by atoms with E-state index in [1.165, 1.54) is 6.26 Å². The van der Waals surface area contributed by atoms with Gasteiger partial charge in [-0.3, -0.25) is 0 Å². The lowest BCUT2D eigenvalue weighted by molar-refractivity contribution is 0.0438. The van der Waals surface area contributed by atoms with Crippen molar-refractivity contribution in [1.29, 1.82) is 0 Å². The van der Waals surface area contributed by atoms with Crippen LogP contribution in [0.2, 0.25) is 0 Å². The second-order valence-corrected chi connectivity index (χ2v) is 5.78. The largest absolute Gasteiger partial charge is 0.493 e. The Bertz CT molecular complexity index is 806. The number of benzene rings is 1. The lowest BCUT2D eigenvalue weighted by atomic mass is 10.2. The SMILES string of the molecule is CC(C)COc1ccc(C(=O)OCc2nnc(-c3ccco3)o2)cc1. The lowest BCUT2D eigenvalue weighted by Gasteiger charge is -2.09. The van der Waals surface area contributed by atoms with E-state index in [0.29, 0.717) is 29.6 Å². The predicted octanol–water partition coefficient (Wildman–Crippen LogP) is 3.72. The van der Waals surface area contributed by atoms with Gasteiger partial charge in [-0.2, -0.15) is 0 Å². The third-order valence-corrected chi connectivity index (χ3v) is 3.20. The average Bonchev–Trinajstić information content (AvgIpc) is 3.29. The monoisotopic (exact) mass is 342 g/mol. The molecule has 2 heterocycles. The summed E-state index contributed by atoms with van der Waals surface area (Å²) in [7, 11) is 0. The van der Waals surface area contributed by atoms with E-state index in [9.17, 15) is 4.79 Å². The molecule has 0 atom stereocenters. The number of carbonyl (C=O) groups excluding carboxylic acids is 1. The highest BCUT2D eigenvalue weighted by atomic mass is 16.5. The van der Waals surface area contributed by atoms with Gasteiger partial charge < -0.3 is 18.3 Å². The topological polar surface area (TPSA) is 87.6 Å². The third kappa shape index (κ3) is 4.47. The van der Waals surface area contributed by atoms with Gasteiger partial charge in [0, 0.05) is 0 Å². The molecule has 1 aromatic carbocycles. The van der Waals surface area contributed by atoms with Gasteiger partial charge in [0.05, 0.1) is 18.4 Å². The summed E-state index contributed by atoms with van der Waals surface area (Å²) in [5, 5.41) is 7.66. The number of aromatic nitrogens is 2. The van der Waals surface area contributed by atoms with E-state index >= 15 is 0 Å². The van der Waals surface area contributed by atoms with Crippen molar-refractivity contribution in [2.75, 3.05) is 6.61 Å². The molecule has 7 nitrogen and oxygen atoms in total. The molecule has 0 spiro atoms. The maximum atomic E-state index is 12.1. The summed E-state index contributed by atoms with van der Waals surface area (Å²) >= 11 is 0. The molecule has 3 rings (SSSR count). The Morgan fingerprint density at radius 1 is 1.16 bits per heavy atom. The number of hydrogen-bond donors (Lipinski definition) is 0. The average molecular weight is 342 g/mol. The number of esters is 1. The van der Waals surface area contributed by atoms with Crippen molar-refractivity contribution in [3.8, 4) is 17.4 Å². The van der Waals surface area contributed by atoms with Gasteiger partial charge in [0.1, 0.15) is 5.75 Å². The summed E-state index contributed by atoms with van der Waals surface area (Å²) in [5.74, 6) is 1.56. The summed E-state index contributed by atoms with van der Waals surface area (Å²) in [6.07, 6.45) is 1.51. The summed E-state index contributed by atoms with van der Waals surface area (Å²) in [6.45, 7) is 4.65. The minimum Gasteiger partial charge on any atom is -0.493 e. The summed E-state index contributed by atoms with van der Waals surface area (Å²) in [5.41, 5.74) is 0.419. The Morgan fingerprint density at radius 2 is 1.96 bits per heavy atom. The van der Waals surface area contributed by atoms with Crippen molar-refractivity contribution in [2.24, 2.45) is 5.92 Å². The van der Waals surface area contributed by atoms with E-state index < -0.39 is 5.97 Å². The first kappa shape index (κ1) is 16.8. The van der Waals surface area contributed by atoms with Crippen molar-refractivity contribution in [3.05, 3.63) is 54.1 Å². The molecule has 0 radical (unpaired) electrons. The maximum absolute atomic E-state index is 12.1. The molecule has 2 aromatic heterocycles. The minimum atomic E-state index is -0.479. The number of nitrogens with zero attached hydrogens (tertiary/aromatic N) is 2. The summed E-state index contributed by atoms with van der Waals surface area (Å²) in [6, 6.07) is 10.2. The first-order valence-corrected chi connectivity index (χ1v) is 7.88. The van der Waals surface area contributed by atoms with E-state index in [1.54, 1.807) is 36.4 Å². The number of furan rings is 1. The van der Waals surface area contributed by atoms with Gasteiger partial charge in [-0.25, -0.2) is 4.79 Å². The number of rotatable bonds is 7. The first-order valence-electron chi connectivity index (χ1n) is 7.88. The predicted molar refractivity (Wildman–Crippen MR) is 87.9 cm³/mol. The van der Waals surface area contributed by atoms with E-state index in [-0.39, 0.29) is 18.4 Å². The van der Waals surface area contributed by atoms with E-state index in [1.807, 2.05) is 0 Å². The fraction of sp³-hybridized carbons (Fsp3) is 0.278. The van der Waals surface area contributed by atoms with Crippen LogP contribution in [0, 0.1) is 5.92 Å². The van der Waals surface area contributed by atoms with Gasteiger partial charge in [-0.05, 0) is 42.3 Å². The molecule has 0 aliphatic carbocycles. The van der Waals surface area contributed by atoms with Gasteiger partial charge in [-0.1, -0.05) is 13.8 Å². The minimum absolute atomic E-state index is 0.113. The van der Waals surface area contributed by atoms with E-state index in [4.69, 9.17) is 18.3 Å². The molecule has 0 amide bonds. The second-order valence-electron chi connectivity index (χ2n) is 5.78. The molecular formula is C18H18N2O5. The molecule has 0 unspecified atom stereocenters. The quantitative estimate of drug-likeness (QED) is 0.605. The highest BCUT2D eigenvalue weighted by Gasteiger charge is 2.13. The highest BCUT2D eigenvalue weighted by Crippen LogP contribution is 2.19. The van der Waals surface area contributed by atoms with Crippen molar-refractivity contribution >= 4 is 5.97 Å². The van der Waals surface area contributed by atoms with Gasteiger partial charge in [0.2, 0.25) is 0 Å². The van der Waals surface area contributed by atoms with Crippen molar-refractivity contribution in [3.63, 3.8) is 0 Å². The molecule has 0 fully saturated rings. The Balaban J connectivity index is 1.54. The van der Waals surface area contributed by atoms with Crippen molar-refractivity contribution in [1.82, 2.24) is 10.2 Å². The third-order valence-electron chi connectivity index (χ3n) is 3.20. The number of carbonyl (C=O) groups is 1. The zero-order valence-corrected chi connectivity index (χ0v) is 14.0. The smallest absolute Gasteiger partial charge is 0.338 e. The Kier molecular flexibility index (Phi) is 5.13. The van der Waals surface area contributed by atoms with Crippen molar-refractivity contribution in [2.45, 2.75) is 20.5 Å². The van der Waals surface area contributed by atoms with Crippen LogP contribution in [0.25, 0.3) is 11.7 Å². The zero-order chi connectivity index (χ0) is 17.6. The lowest BCUT2D eigenvalue weighted by Crippen LogP contribution is -2.07. The normalized spacial score (nSPS) is 10.8. The fourth-order valence-electron chi connectivity index (χ4n) is 1.97. The Morgan fingerprint density at radius 3 is 2.64 bits per heavy atom. The van der Waals surface area contributed by atoms with Gasteiger partial charge in [-0.15, -0.1) is 10.2 Å². The van der Waals surface area contributed by atoms with E-state index in [0.717, 1.165) is 0 Å². The molecule has 0 N–H and O–H groups in total. The standard InChI is InChI=1S/C18H18N2O5/c1-12(2)10-23-14-7-5-13(6-8-14)18(21)24-11-16-19-20-17(25-16)15-4-3-9-22-15/h3-9,12H,10-11H2,1-2H3. The molecule has 3 aromatic rings. The highest BCUT2D eigenvalue weighted by molar-refractivity contribution is 5.89. The van der Waals surface area contributed by atoms with Crippen LogP contribution in [0.4, 0.5) is 0 Å². The van der Waals surface area contributed by atoms with Crippen LogP contribution in [0.3, 0.4) is 0 Å². The number of ether oxygens (including phenoxy) is 2. The van der Waals surface area contributed by atoms with Crippen LogP contribution in [0.15, 0.2) is 51.5 Å². The molecule has 0 aliphatic rings. The maximum Gasteiger partial charge on any atom is 0.338 e. The molecule has 0 bridgehead atoms. The van der Waals surface area contributed by atoms with Crippen LogP contribution in [-0.4, -0.2) is 22.8 Å². The fourth-order valence-corrected chi connectivity index (χ4v) is 1.97. The van der Waals surface area contributed by atoms with Crippen LogP contribution in [0.5, 0.6) is 5.75 Å². The Labute approximate surface area is 144 Å². The zero-order valence-electron chi connectivity index (χ0n) is 14.0. The molecule has 0 saturated carbocycles. The van der Waals surface area contributed by atoms with Crippen LogP contribution < -0.4 is 4.74 Å². The summed E-state index contributed by atoms with van der Waals surface area (Å²) < 4.78 is 21.3. The van der Waals surface area contributed by atoms with Gasteiger partial charge in [0.15, 0.2) is 12.4 Å². The molecule has 7 heteroatoms. The van der Waals surface area contributed by atoms with Crippen molar-refractivity contribution < 1.29 is 23.1 Å². The molecule has 0 saturated heterocycles. The Hall–Kier alpha value is -3.09. The first-order chi connectivity index (χ1) is 12.1. The molecular weight excluding hydrogens is 324 g/mol.